The highest BCUT2D eigenvalue weighted by Gasteiger charge is 2.19. The summed E-state index contributed by atoms with van der Waals surface area (Å²) < 4.78 is 2.67. The van der Waals surface area contributed by atoms with E-state index in [1.165, 1.54) is 0 Å². The molecule has 0 saturated heterocycles. The molecule has 192 valence electrons. The van der Waals surface area contributed by atoms with Gasteiger partial charge in [0.05, 0.1) is 17.9 Å². The van der Waals surface area contributed by atoms with Crippen LogP contribution < -0.4 is 0 Å². The van der Waals surface area contributed by atoms with E-state index in [0.717, 1.165) is 54.3 Å². The number of oxime groups is 1. The quantitative estimate of drug-likeness (QED) is 0.139. The fraction of sp³-hybridized carbons (Fsp3) is 0.407. The molecular formula is C27H34BrN5O3. The monoisotopic (exact) mass is 555 g/mol. The van der Waals surface area contributed by atoms with Gasteiger partial charge in [0.1, 0.15) is 0 Å². The van der Waals surface area contributed by atoms with E-state index in [1.54, 1.807) is 6.92 Å². The van der Waals surface area contributed by atoms with Crippen LogP contribution in [0.5, 0.6) is 5.88 Å². The summed E-state index contributed by atoms with van der Waals surface area (Å²) in [7, 11) is 0. The average Bonchev–Trinajstić information content (AvgIpc) is 3.14. The van der Waals surface area contributed by atoms with Crippen LogP contribution >= 0.6 is 15.9 Å². The van der Waals surface area contributed by atoms with Gasteiger partial charge in [-0.1, -0.05) is 78.1 Å². The number of nitrogens with zero attached hydrogens (tertiary/aromatic N) is 5. The van der Waals surface area contributed by atoms with E-state index >= 15 is 0 Å². The Morgan fingerprint density at radius 3 is 2.44 bits per heavy atom. The molecule has 0 aliphatic carbocycles. The van der Waals surface area contributed by atoms with Crippen LogP contribution in [0.2, 0.25) is 0 Å². The summed E-state index contributed by atoms with van der Waals surface area (Å²) in [4.78, 5) is 19.8. The number of benzene rings is 2. The summed E-state index contributed by atoms with van der Waals surface area (Å²) in [6.45, 7) is 8.22. The van der Waals surface area contributed by atoms with E-state index in [-0.39, 0.29) is 18.2 Å². The first-order valence-electron chi connectivity index (χ1n) is 12.3. The van der Waals surface area contributed by atoms with Crippen molar-refractivity contribution in [2.75, 3.05) is 19.7 Å². The molecule has 9 heteroatoms. The Labute approximate surface area is 220 Å². The second-order valence-corrected chi connectivity index (χ2v) is 9.55. The standard InChI is InChI=1S/C27H34BrN5O3/c1-4-6-15-32(16-7-5-2)19-33-24-14-13-22(28)17-23(24)26(27(33)35)30-29-25(34)18-36-31-20(3)21-11-9-8-10-12-21/h8-14,17,35H,4-7,15-16,18-19H2,1-3H3/b30-29?,31-20-. The van der Waals surface area contributed by atoms with Gasteiger partial charge in [0.25, 0.3) is 0 Å². The Morgan fingerprint density at radius 1 is 1.08 bits per heavy atom. The van der Waals surface area contributed by atoms with Crippen molar-refractivity contribution in [3.63, 3.8) is 0 Å². The number of aromatic nitrogens is 1. The molecule has 0 saturated carbocycles. The van der Waals surface area contributed by atoms with Crippen molar-refractivity contribution in [2.45, 2.75) is 53.1 Å². The zero-order valence-corrected chi connectivity index (χ0v) is 22.7. The first kappa shape index (κ1) is 27.5. The van der Waals surface area contributed by atoms with Gasteiger partial charge in [-0.25, -0.2) is 0 Å². The van der Waals surface area contributed by atoms with Crippen LogP contribution in [-0.4, -0.2) is 45.9 Å². The molecule has 0 aliphatic rings. The molecule has 8 nitrogen and oxygen atoms in total. The van der Waals surface area contributed by atoms with E-state index < -0.39 is 5.91 Å². The molecule has 0 fully saturated rings. The highest BCUT2D eigenvalue weighted by Crippen LogP contribution is 2.40. The topological polar surface area (TPSA) is 91.8 Å². The number of unbranched alkanes of at least 4 members (excludes halogenated alkanes) is 2. The van der Waals surface area contributed by atoms with Crippen LogP contribution in [-0.2, 0) is 16.3 Å². The first-order valence-corrected chi connectivity index (χ1v) is 13.1. The fourth-order valence-corrected chi connectivity index (χ4v) is 4.17. The van der Waals surface area contributed by atoms with Gasteiger partial charge in [0.15, 0.2) is 12.3 Å². The zero-order valence-electron chi connectivity index (χ0n) is 21.2. The van der Waals surface area contributed by atoms with Crippen molar-refractivity contribution in [1.29, 1.82) is 0 Å². The van der Waals surface area contributed by atoms with Gasteiger partial charge >= 0.3 is 5.91 Å². The zero-order chi connectivity index (χ0) is 25.9. The average molecular weight is 557 g/mol. The summed E-state index contributed by atoms with van der Waals surface area (Å²) in [5.74, 6) is -0.612. The molecule has 3 aromatic rings. The minimum Gasteiger partial charge on any atom is -0.493 e. The summed E-state index contributed by atoms with van der Waals surface area (Å²) >= 11 is 3.49. The highest BCUT2D eigenvalue weighted by molar-refractivity contribution is 9.10. The third-order valence-corrected chi connectivity index (χ3v) is 6.31. The van der Waals surface area contributed by atoms with Gasteiger partial charge in [-0.2, -0.15) is 0 Å². The largest absolute Gasteiger partial charge is 0.493 e. The lowest BCUT2D eigenvalue weighted by atomic mass is 10.1. The molecule has 3 rings (SSSR count). The summed E-state index contributed by atoms with van der Waals surface area (Å²) in [6.07, 6.45) is 4.38. The predicted molar refractivity (Wildman–Crippen MR) is 147 cm³/mol. The summed E-state index contributed by atoms with van der Waals surface area (Å²) in [6, 6.07) is 15.3. The summed E-state index contributed by atoms with van der Waals surface area (Å²) in [5, 5.41) is 23.7. The van der Waals surface area contributed by atoms with Crippen LogP contribution in [0, 0.1) is 0 Å². The molecule has 0 aliphatic heterocycles. The maximum Gasteiger partial charge on any atom is 0.304 e. The van der Waals surface area contributed by atoms with Gasteiger partial charge in [-0.15, -0.1) is 10.2 Å². The molecule has 0 unspecified atom stereocenters. The molecule has 1 amide bonds. The Hall–Kier alpha value is -3.04. The van der Waals surface area contributed by atoms with E-state index in [9.17, 15) is 9.90 Å². The van der Waals surface area contributed by atoms with Crippen LogP contribution in [0.1, 0.15) is 52.0 Å². The van der Waals surface area contributed by atoms with Gasteiger partial charge in [0.2, 0.25) is 5.88 Å². The molecule has 1 heterocycles. The number of halogens is 1. The Kier molecular flexibility index (Phi) is 10.6. The summed E-state index contributed by atoms with van der Waals surface area (Å²) in [5.41, 5.74) is 2.65. The molecule has 0 atom stereocenters. The second-order valence-electron chi connectivity index (χ2n) is 8.64. The van der Waals surface area contributed by atoms with Crippen molar-refractivity contribution in [3.8, 4) is 5.88 Å². The molecule has 0 spiro atoms. The lowest BCUT2D eigenvalue weighted by Crippen LogP contribution is -2.28. The molecular weight excluding hydrogens is 522 g/mol. The minimum atomic E-state index is -0.595. The number of azo groups is 1. The number of hydrogen-bond acceptors (Lipinski definition) is 6. The SMILES string of the molecule is CCCCN(CCCC)Cn1c(O)c(N=NC(=O)CO/N=C(/C)c2ccccc2)c2cc(Br)ccc21. The van der Waals surface area contributed by atoms with Gasteiger partial charge in [-0.05, 0) is 56.6 Å². The maximum absolute atomic E-state index is 12.3. The lowest BCUT2D eigenvalue weighted by molar-refractivity contribution is -0.122. The molecule has 2 aromatic carbocycles. The third-order valence-electron chi connectivity index (χ3n) is 5.81. The maximum atomic E-state index is 12.3. The van der Waals surface area contributed by atoms with Gasteiger partial charge in [0, 0.05) is 9.86 Å². The van der Waals surface area contributed by atoms with Crippen LogP contribution in [0.15, 0.2) is 68.4 Å². The molecule has 0 radical (unpaired) electrons. The van der Waals surface area contributed by atoms with Gasteiger partial charge in [-0.3, -0.25) is 14.3 Å². The highest BCUT2D eigenvalue weighted by atomic mass is 79.9. The van der Waals surface area contributed by atoms with Crippen LogP contribution in [0.3, 0.4) is 0 Å². The minimum absolute atomic E-state index is 0.0171. The van der Waals surface area contributed by atoms with Crippen molar-refractivity contribution in [2.24, 2.45) is 15.4 Å². The number of hydrogen-bond donors (Lipinski definition) is 1. The van der Waals surface area contributed by atoms with Crippen molar-refractivity contribution < 1.29 is 14.7 Å². The number of amides is 1. The van der Waals surface area contributed by atoms with E-state index in [0.29, 0.717) is 17.8 Å². The number of carbonyl (C=O) groups is 1. The lowest BCUT2D eigenvalue weighted by Gasteiger charge is -2.23. The third kappa shape index (κ3) is 7.48. The van der Waals surface area contributed by atoms with Crippen LogP contribution in [0.25, 0.3) is 10.9 Å². The normalized spacial score (nSPS) is 12.2. The molecule has 1 aromatic heterocycles. The Balaban J connectivity index is 1.78. The first-order chi connectivity index (χ1) is 17.4. The smallest absolute Gasteiger partial charge is 0.304 e. The molecule has 36 heavy (non-hydrogen) atoms. The van der Waals surface area contributed by atoms with E-state index in [2.05, 4.69) is 50.1 Å². The number of aromatic hydroxyl groups is 1. The van der Waals surface area contributed by atoms with Gasteiger partial charge < -0.3 is 9.94 Å². The fourth-order valence-electron chi connectivity index (χ4n) is 3.81. The van der Waals surface area contributed by atoms with E-state index in [4.69, 9.17) is 4.84 Å². The number of carbonyl (C=O) groups excluding carboxylic acids is 1. The Bertz CT molecular complexity index is 1200. The molecule has 1 N–H and O–H groups in total. The van der Waals surface area contributed by atoms with E-state index in [1.807, 2.05) is 53.1 Å². The van der Waals surface area contributed by atoms with Crippen molar-refractivity contribution >= 4 is 44.1 Å². The predicted octanol–water partition coefficient (Wildman–Crippen LogP) is 7.02. The van der Waals surface area contributed by atoms with Crippen molar-refractivity contribution in [1.82, 2.24) is 9.47 Å². The Morgan fingerprint density at radius 2 is 1.78 bits per heavy atom. The number of fused-ring (bicyclic) bond motifs is 1. The number of rotatable bonds is 13. The van der Waals surface area contributed by atoms with Crippen LogP contribution in [0.4, 0.5) is 5.69 Å². The second kappa shape index (κ2) is 13.9. The van der Waals surface area contributed by atoms with Crippen molar-refractivity contribution in [3.05, 3.63) is 58.6 Å². The molecule has 0 bridgehead atoms.